The largest absolute Gasteiger partial charge is 0.320 e. The highest BCUT2D eigenvalue weighted by molar-refractivity contribution is 9.10. The van der Waals surface area contributed by atoms with Crippen LogP contribution in [-0.2, 0) is 0 Å². The minimum absolute atomic E-state index is 0.342. The molecule has 0 aliphatic rings. The molecule has 2 nitrogen and oxygen atoms in total. The number of benzene rings is 2. The van der Waals surface area contributed by atoms with Crippen LogP contribution in [0.15, 0.2) is 34.8 Å². The fourth-order valence-corrected chi connectivity index (χ4v) is 2.83. The quantitative estimate of drug-likeness (QED) is 0.796. The van der Waals surface area contributed by atoms with E-state index in [1.807, 2.05) is 19.9 Å². The number of carbonyl (C=O) groups is 1. The first kappa shape index (κ1) is 15.0. The van der Waals surface area contributed by atoms with Gasteiger partial charge in [-0.1, -0.05) is 17.7 Å². The van der Waals surface area contributed by atoms with Crippen molar-refractivity contribution in [3.8, 4) is 0 Å². The van der Waals surface area contributed by atoms with E-state index in [4.69, 9.17) is 11.6 Å². The molecule has 2 aromatic rings. The number of aryl methyl sites for hydroxylation is 2. The van der Waals surface area contributed by atoms with Gasteiger partial charge in [-0.25, -0.2) is 4.39 Å². The molecule has 104 valence electrons. The van der Waals surface area contributed by atoms with Gasteiger partial charge in [0, 0.05) is 4.47 Å². The Kier molecular flexibility index (Phi) is 4.45. The molecule has 2 aromatic carbocycles. The first-order chi connectivity index (χ1) is 9.38. The molecule has 0 aliphatic carbocycles. The predicted molar refractivity (Wildman–Crippen MR) is 83.0 cm³/mol. The van der Waals surface area contributed by atoms with Crippen molar-refractivity contribution in [3.63, 3.8) is 0 Å². The highest BCUT2D eigenvalue weighted by atomic mass is 79.9. The summed E-state index contributed by atoms with van der Waals surface area (Å²) >= 11 is 9.32. The zero-order valence-corrected chi connectivity index (χ0v) is 13.3. The molecule has 0 bridgehead atoms. The van der Waals surface area contributed by atoms with Crippen LogP contribution in [0.4, 0.5) is 10.1 Å². The number of hydrogen-bond donors (Lipinski definition) is 1. The molecular formula is C15H12BrClFNO. The molecule has 1 N–H and O–H groups in total. The Morgan fingerprint density at radius 3 is 2.55 bits per heavy atom. The van der Waals surface area contributed by atoms with Crippen LogP contribution in [0.25, 0.3) is 0 Å². The molecular weight excluding hydrogens is 345 g/mol. The third-order valence-electron chi connectivity index (χ3n) is 2.85. The zero-order valence-electron chi connectivity index (χ0n) is 10.9. The van der Waals surface area contributed by atoms with Gasteiger partial charge in [-0.3, -0.25) is 4.79 Å². The lowest BCUT2D eigenvalue weighted by molar-refractivity contribution is 0.102. The number of nitrogens with one attached hydrogen (secondary N) is 1. The Balaban J connectivity index is 2.33. The van der Waals surface area contributed by atoms with Gasteiger partial charge < -0.3 is 5.32 Å². The molecule has 0 aliphatic heterocycles. The fraction of sp³-hybridized carbons (Fsp3) is 0.133. The monoisotopic (exact) mass is 355 g/mol. The van der Waals surface area contributed by atoms with E-state index < -0.39 is 5.82 Å². The van der Waals surface area contributed by atoms with Gasteiger partial charge >= 0.3 is 0 Å². The second-order valence-electron chi connectivity index (χ2n) is 4.52. The van der Waals surface area contributed by atoms with Crippen LogP contribution in [0.2, 0.25) is 5.02 Å². The van der Waals surface area contributed by atoms with Crippen molar-refractivity contribution >= 4 is 39.1 Å². The summed E-state index contributed by atoms with van der Waals surface area (Å²) in [6.07, 6.45) is 0. The number of carbonyl (C=O) groups excluding carboxylic acids is 1. The molecule has 0 radical (unpaired) electrons. The van der Waals surface area contributed by atoms with E-state index in [0.717, 1.165) is 11.1 Å². The molecule has 0 saturated heterocycles. The zero-order chi connectivity index (χ0) is 14.9. The molecule has 0 saturated carbocycles. The van der Waals surface area contributed by atoms with E-state index in [-0.39, 0.29) is 5.91 Å². The lowest BCUT2D eigenvalue weighted by atomic mass is 10.1. The summed E-state index contributed by atoms with van der Waals surface area (Å²) < 4.78 is 13.4. The Hall–Kier alpha value is -1.39. The van der Waals surface area contributed by atoms with Gasteiger partial charge in [0.15, 0.2) is 0 Å². The maximum atomic E-state index is 13.0. The minimum Gasteiger partial charge on any atom is -0.320 e. The molecule has 20 heavy (non-hydrogen) atoms. The van der Waals surface area contributed by atoms with Crippen LogP contribution < -0.4 is 5.32 Å². The number of rotatable bonds is 2. The van der Waals surface area contributed by atoms with Gasteiger partial charge in [0.2, 0.25) is 0 Å². The molecule has 1 amide bonds. The van der Waals surface area contributed by atoms with Gasteiger partial charge in [-0.05, 0) is 65.2 Å². The average Bonchev–Trinajstić information content (AvgIpc) is 2.33. The molecule has 0 unspecified atom stereocenters. The van der Waals surface area contributed by atoms with Gasteiger partial charge in [0.05, 0.1) is 16.3 Å². The van der Waals surface area contributed by atoms with Crippen molar-refractivity contribution in [2.24, 2.45) is 0 Å². The normalized spacial score (nSPS) is 10.4. The summed E-state index contributed by atoms with van der Waals surface area (Å²) in [5.74, 6) is -0.747. The molecule has 2 rings (SSSR count). The van der Waals surface area contributed by atoms with Crippen molar-refractivity contribution in [3.05, 3.63) is 62.3 Å². The van der Waals surface area contributed by atoms with E-state index in [9.17, 15) is 9.18 Å². The second kappa shape index (κ2) is 5.94. The van der Waals surface area contributed by atoms with Crippen molar-refractivity contribution in [1.29, 1.82) is 0 Å². The first-order valence-electron chi connectivity index (χ1n) is 5.91. The van der Waals surface area contributed by atoms with Crippen molar-refractivity contribution in [2.45, 2.75) is 13.8 Å². The van der Waals surface area contributed by atoms with E-state index in [1.54, 1.807) is 6.07 Å². The van der Waals surface area contributed by atoms with Crippen LogP contribution in [0.3, 0.4) is 0 Å². The van der Waals surface area contributed by atoms with E-state index in [1.165, 1.54) is 18.2 Å². The van der Waals surface area contributed by atoms with Crippen LogP contribution in [0.5, 0.6) is 0 Å². The fourth-order valence-electron chi connectivity index (χ4n) is 1.93. The number of hydrogen-bond acceptors (Lipinski definition) is 1. The summed E-state index contributed by atoms with van der Waals surface area (Å²) in [6.45, 7) is 3.80. The number of amides is 1. The summed E-state index contributed by atoms with van der Waals surface area (Å²) in [5.41, 5.74) is 2.82. The van der Waals surface area contributed by atoms with Gasteiger partial charge in [0.25, 0.3) is 5.91 Å². The lowest BCUT2D eigenvalue weighted by Crippen LogP contribution is -2.14. The molecule has 5 heteroatoms. The first-order valence-corrected chi connectivity index (χ1v) is 7.08. The summed E-state index contributed by atoms with van der Waals surface area (Å²) in [5, 5.41) is 3.24. The molecule has 0 atom stereocenters. The topological polar surface area (TPSA) is 29.1 Å². The third-order valence-corrected chi connectivity index (χ3v) is 3.80. The van der Waals surface area contributed by atoms with Gasteiger partial charge in [0.1, 0.15) is 5.82 Å². The van der Waals surface area contributed by atoms with Crippen molar-refractivity contribution in [1.82, 2.24) is 0 Å². The van der Waals surface area contributed by atoms with E-state index in [0.29, 0.717) is 20.7 Å². The van der Waals surface area contributed by atoms with Crippen molar-refractivity contribution < 1.29 is 9.18 Å². The van der Waals surface area contributed by atoms with E-state index >= 15 is 0 Å². The van der Waals surface area contributed by atoms with Crippen molar-refractivity contribution in [2.75, 3.05) is 5.32 Å². The standard InChI is InChI=1S/C15H12BrClFNO/c1-8-5-9(2)14(13(17)6-8)19-15(20)11-4-3-10(18)7-12(11)16/h3-7H,1-2H3,(H,19,20). The second-order valence-corrected chi connectivity index (χ2v) is 5.78. The molecule has 0 spiro atoms. The molecule has 0 heterocycles. The highest BCUT2D eigenvalue weighted by Crippen LogP contribution is 2.28. The summed E-state index contributed by atoms with van der Waals surface area (Å²) in [4.78, 5) is 12.2. The Morgan fingerprint density at radius 2 is 1.95 bits per heavy atom. The van der Waals surface area contributed by atoms with Crippen LogP contribution in [-0.4, -0.2) is 5.91 Å². The number of halogens is 3. The lowest BCUT2D eigenvalue weighted by Gasteiger charge is -2.12. The SMILES string of the molecule is Cc1cc(C)c(NC(=O)c2ccc(F)cc2Br)c(Cl)c1. The van der Waals surface area contributed by atoms with E-state index in [2.05, 4.69) is 21.2 Å². The maximum Gasteiger partial charge on any atom is 0.256 e. The highest BCUT2D eigenvalue weighted by Gasteiger charge is 2.14. The maximum absolute atomic E-state index is 13.0. The Bertz CT molecular complexity index is 665. The summed E-state index contributed by atoms with van der Waals surface area (Å²) in [6, 6.07) is 7.62. The van der Waals surface area contributed by atoms with Gasteiger partial charge in [-0.15, -0.1) is 0 Å². The minimum atomic E-state index is -0.405. The predicted octanol–water partition coefficient (Wildman–Crippen LogP) is 5.11. The third kappa shape index (κ3) is 3.19. The number of anilines is 1. The smallest absolute Gasteiger partial charge is 0.256 e. The average molecular weight is 357 g/mol. The molecule has 0 aromatic heterocycles. The van der Waals surface area contributed by atoms with Gasteiger partial charge in [-0.2, -0.15) is 0 Å². The Labute approximate surface area is 130 Å². The van der Waals surface area contributed by atoms with Crippen LogP contribution >= 0.6 is 27.5 Å². The van der Waals surface area contributed by atoms with Crippen LogP contribution in [0, 0.1) is 19.7 Å². The summed E-state index contributed by atoms with van der Waals surface area (Å²) in [7, 11) is 0. The Morgan fingerprint density at radius 1 is 1.25 bits per heavy atom. The molecule has 0 fully saturated rings. The van der Waals surface area contributed by atoms with Crippen LogP contribution in [0.1, 0.15) is 21.5 Å².